The second-order valence-corrected chi connectivity index (χ2v) is 6.07. The maximum absolute atomic E-state index is 6.44. The Balaban J connectivity index is 1.84. The summed E-state index contributed by atoms with van der Waals surface area (Å²) in [6, 6.07) is 15.9. The van der Waals surface area contributed by atoms with E-state index in [2.05, 4.69) is 33.6 Å². The van der Waals surface area contributed by atoms with Crippen molar-refractivity contribution in [2.45, 2.75) is 11.8 Å². The molecule has 1 atom stereocenters. The van der Waals surface area contributed by atoms with E-state index < -0.39 is 0 Å². The fraction of sp³-hybridized carbons (Fsp3) is 0.133. The van der Waals surface area contributed by atoms with Crippen LogP contribution in [0.15, 0.2) is 52.9 Å². The van der Waals surface area contributed by atoms with E-state index in [0.717, 1.165) is 16.7 Å². The van der Waals surface area contributed by atoms with Gasteiger partial charge < -0.3 is 4.42 Å². The Morgan fingerprint density at radius 3 is 2.79 bits per heavy atom. The number of alkyl halides is 1. The lowest BCUT2D eigenvalue weighted by Crippen LogP contribution is -1.96. The zero-order chi connectivity index (χ0) is 13.2. The molecule has 96 valence electrons. The third-order valence-electron chi connectivity index (χ3n) is 2.90. The van der Waals surface area contributed by atoms with Gasteiger partial charge in [0.2, 0.25) is 0 Å². The first-order valence-corrected chi connectivity index (χ1v) is 7.48. The van der Waals surface area contributed by atoms with E-state index >= 15 is 0 Å². The van der Waals surface area contributed by atoms with Gasteiger partial charge in [-0.05, 0) is 52.4 Å². The van der Waals surface area contributed by atoms with Gasteiger partial charge in [-0.15, -0.1) is 11.6 Å². The first kappa shape index (κ1) is 12.9. The standard InChI is InChI=1S/C15H11ClINO/c16-12(10-4-3-5-11(17)8-10)9-15-18-13-6-1-2-7-14(13)19-15/h1-8,12H,9H2. The highest BCUT2D eigenvalue weighted by Crippen LogP contribution is 2.27. The van der Waals surface area contributed by atoms with E-state index in [1.165, 1.54) is 3.57 Å². The van der Waals surface area contributed by atoms with E-state index in [1.807, 2.05) is 42.5 Å². The largest absolute Gasteiger partial charge is 0.441 e. The maximum Gasteiger partial charge on any atom is 0.197 e. The number of hydrogen-bond donors (Lipinski definition) is 0. The Morgan fingerprint density at radius 1 is 1.16 bits per heavy atom. The van der Waals surface area contributed by atoms with Crippen molar-refractivity contribution in [1.82, 2.24) is 4.98 Å². The maximum atomic E-state index is 6.44. The summed E-state index contributed by atoms with van der Waals surface area (Å²) in [5.41, 5.74) is 2.78. The molecular formula is C15H11ClINO. The van der Waals surface area contributed by atoms with Gasteiger partial charge in [-0.2, -0.15) is 0 Å². The van der Waals surface area contributed by atoms with Gasteiger partial charge in [-0.3, -0.25) is 0 Å². The third kappa shape index (κ3) is 2.92. The van der Waals surface area contributed by atoms with Crippen LogP contribution in [0, 0.1) is 3.57 Å². The van der Waals surface area contributed by atoms with E-state index in [-0.39, 0.29) is 5.38 Å². The Morgan fingerprint density at radius 2 is 2.00 bits per heavy atom. The molecule has 3 rings (SSSR count). The molecule has 1 aromatic heterocycles. The molecule has 0 bridgehead atoms. The van der Waals surface area contributed by atoms with Crippen molar-refractivity contribution in [2.24, 2.45) is 0 Å². The lowest BCUT2D eigenvalue weighted by Gasteiger charge is -2.07. The van der Waals surface area contributed by atoms with Crippen LogP contribution in [0.3, 0.4) is 0 Å². The number of halogens is 2. The molecule has 2 nitrogen and oxygen atoms in total. The normalized spacial score (nSPS) is 12.7. The quantitative estimate of drug-likeness (QED) is 0.472. The fourth-order valence-electron chi connectivity index (χ4n) is 1.98. The van der Waals surface area contributed by atoms with Gasteiger partial charge in [-0.25, -0.2) is 4.98 Å². The van der Waals surface area contributed by atoms with Gasteiger partial charge in [-0.1, -0.05) is 24.3 Å². The molecule has 0 amide bonds. The van der Waals surface area contributed by atoms with Crippen LogP contribution >= 0.6 is 34.2 Å². The molecule has 0 aliphatic rings. The zero-order valence-electron chi connectivity index (χ0n) is 10.0. The number of para-hydroxylation sites is 2. The first-order chi connectivity index (χ1) is 9.22. The molecule has 3 aromatic rings. The molecule has 19 heavy (non-hydrogen) atoms. The summed E-state index contributed by atoms with van der Waals surface area (Å²) < 4.78 is 6.87. The smallest absolute Gasteiger partial charge is 0.197 e. The van der Waals surface area contributed by atoms with Crippen molar-refractivity contribution in [3.05, 3.63) is 63.6 Å². The van der Waals surface area contributed by atoms with Crippen molar-refractivity contribution >= 4 is 45.3 Å². The Bertz CT molecular complexity index is 677. The van der Waals surface area contributed by atoms with Crippen LogP contribution in [-0.4, -0.2) is 4.98 Å². The van der Waals surface area contributed by atoms with E-state index in [1.54, 1.807) is 0 Å². The summed E-state index contributed by atoms with van der Waals surface area (Å²) >= 11 is 8.72. The van der Waals surface area contributed by atoms with Gasteiger partial charge in [0.15, 0.2) is 11.5 Å². The number of fused-ring (bicyclic) bond motifs is 1. The van der Waals surface area contributed by atoms with E-state index in [0.29, 0.717) is 12.3 Å². The van der Waals surface area contributed by atoms with Gasteiger partial charge in [0.05, 0.1) is 5.38 Å². The SMILES string of the molecule is ClC(Cc1nc2ccccc2o1)c1cccc(I)c1. The van der Waals surface area contributed by atoms with Crippen molar-refractivity contribution in [3.8, 4) is 0 Å². The Kier molecular flexibility index (Phi) is 3.75. The molecule has 0 fully saturated rings. The predicted molar refractivity (Wildman–Crippen MR) is 85.5 cm³/mol. The van der Waals surface area contributed by atoms with Crippen LogP contribution in [-0.2, 0) is 6.42 Å². The summed E-state index contributed by atoms with van der Waals surface area (Å²) in [7, 11) is 0. The summed E-state index contributed by atoms with van der Waals surface area (Å²) in [5, 5.41) is -0.122. The summed E-state index contributed by atoms with van der Waals surface area (Å²) in [6.07, 6.45) is 0.594. The number of hydrogen-bond acceptors (Lipinski definition) is 2. The van der Waals surface area contributed by atoms with Gasteiger partial charge in [0.25, 0.3) is 0 Å². The molecule has 4 heteroatoms. The molecule has 1 heterocycles. The van der Waals surface area contributed by atoms with Crippen LogP contribution in [0.1, 0.15) is 16.8 Å². The molecule has 2 aromatic carbocycles. The molecule has 0 aliphatic carbocycles. The molecular weight excluding hydrogens is 373 g/mol. The van der Waals surface area contributed by atoms with Crippen molar-refractivity contribution < 1.29 is 4.42 Å². The summed E-state index contributed by atoms with van der Waals surface area (Å²) in [5.74, 6) is 0.681. The average Bonchev–Trinajstić information content (AvgIpc) is 2.80. The van der Waals surface area contributed by atoms with Crippen LogP contribution in [0.25, 0.3) is 11.1 Å². The molecule has 0 spiro atoms. The highest BCUT2D eigenvalue weighted by molar-refractivity contribution is 14.1. The Hall–Kier alpha value is -1.07. The van der Waals surface area contributed by atoms with Crippen molar-refractivity contribution in [1.29, 1.82) is 0 Å². The molecule has 0 aliphatic heterocycles. The van der Waals surface area contributed by atoms with Crippen LogP contribution in [0.4, 0.5) is 0 Å². The topological polar surface area (TPSA) is 26.0 Å². The molecule has 1 unspecified atom stereocenters. The number of aromatic nitrogens is 1. The van der Waals surface area contributed by atoms with E-state index in [4.69, 9.17) is 16.0 Å². The Labute approximate surface area is 129 Å². The molecule has 0 N–H and O–H groups in total. The minimum Gasteiger partial charge on any atom is -0.441 e. The fourth-order valence-corrected chi connectivity index (χ4v) is 2.81. The first-order valence-electron chi connectivity index (χ1n) is 5.96. The second-order valence-electron chi connectivity index (χ2n) is 4.30. The lowest BCUT2D eigenvalue weighted by molar-refractivity contribution is 0.525. The average molecular weight is 384 g/mol. The number of oxazole rings is 1. The minimum absolute atomic E-state index is 0.122. The molecule has 0 radical (unpaired) electrons. The lowest BCUT2D eigenvalue weighted by atomic mass is 10.1. The minimum atomic E-state index is -0.122. The molecule has 0 saturated heterocycles. The summed E-state index contributed by atoms with van der Waals surface area (Å²) in [6.45, 7) is 0. The highest BCUT2D eigenvalue weighted by atomic mass is 127. The van der Waals surface area contributed by atoms with Crippen LogP contribution < -0.4 is 0 Å². The summed E-state index contributed by atoms with van der Waals surface area (Å²) in [4.78, 5) is 4.45. The second kappa shape index (κ2) is 5.51. The van der Waals surface area contributed by atoms with Crippen LogP contribution in [0.2, 0.25) is 0 Å². The van der Waals surface area contributed by atoms with Gasteiger partial charge >= 0.3 is 0 Å². The van der Waals surface area contributed by atoms with Crippen molar-refractivity contribution in [3.63, 3.8) is 0 Å². The third-order valence-corrected chi connectivity index (χ3v) is 3.98. The van der Waals surface area contributed by atoms with Gasteiger partial charge in [0, 0.05) is 9.99 Å². The highest BCUT2D eigenvalue weighted by Gasteiger charge is 2.13. The number of nitrogens with zero attached hydrogens (tertiary/aromatic N) is 1. The van der Waals surface area contributed by atoms with Gasteiger partial charge in [0.1, 0.15) is 5.52 Å². The zero-order valence-corrected chi connectivity index (χ0v) is 12.9. The molecule has 0 saturated carbocycles. The number of rotatable bonds is 3. The monoisotopic (exact) mass is 383 g/mol. The number of benzene rings is 2. The van der Waals surface area contributed by atoms with Crippen LogP contribution in [0.5, 0.6) is 0 Å². The predicted octanol–water partition coefficient (Wildman–Crippen LogP) is 4.96. The van der Waals surface area contributed by atoms with Crippen molar-refractivity contribution in [2.75, 3.05) is 0 Å². The van der Waals surface area contributed by atoms with E-state index in [9.17, 15) is 0 Å².